The molecule has 0 aliphatic carbocycles. The molecule has 0 radical (unpaired) electrons. The summed E-state index contributed by atoms with van der Waals surface area (Å²) in [5.74, 6) is 0.670. The maximum atomic E-state index is 12.5. The first-order chi connectivity index (χ1) is 11.6. The smallest absolute Gasteiger partial charge is 0.262 e. The fourth-order valence-corrected chi connectivity index (χ4v) is 3.48. The molecule has 0 N–H and O–H groups in total. The van der Waals surface area contributed by atoms with Gasteiger partial charge in [0.1, 0.15) is 10.6 Å². The van der Waals surface area contributed by atoms with Gasteiger partial charge in [-0.3, -0.25) is 14.2 Å². The van der Waals surface area contributed by atoms with Crippen molar-refractivity contribution in [3.8, 4) is 5.75 Å². The third-order valence-electron chi connectivity index (χ3n) is 3.80. The van der Waals surface area contributed by atoms with Crippen LogP contribution in [0.25, 0.3) is 10.2 Å². The Morgan fingerprint density at radius 2 is 2.17 bits per heavy atom. The van der Waals surface area contributed by atoms with Crippen molar-refractivity contribution in [1.82, 2.24) is 9.55 Å². The second-order valence-electron chi connectivity index (χ2n) is 5.53. The Morgan fingerprint density at radius 1 is 1.33 bits per heavy atom. The molecule has 0 atom stereocenters. The van der Waals surface area contributed by atoms with Crippen LogP contribution in [0.1, 0.15) is 17.4 Å². The summed E-state index contributed by atoms with van der Waals surface area (Å²) >= 11 is 1.52. The van der Waals surface area contributed by atoms with Crippen molar-refractivity contribution in [2.45, 2.75) is 26.3 Å². The lowest BCUT2D eigenvalue weighted by Crippen LogP contribution is -2.25. The first-order valence-corrected chi connectivity index (χ1v) is 8.55. The van der Waals surface area contributed by atoms with Crippen LogP contribution in [0.5, 0.6) is 5.75 Å². The molecule has 3 rings (SSSR count). The van der Waals surface area contributed by atoms with Crippen LogP contribution in [0.4, 0.5) is 0 Å². The molecule has 124 valence electrons. The van der Waals surface area contributed by atoms with Crippen LogP contribution >= 0.6 is 11.3 Å². The lowest BCUT2D eigenvalue weighted by atomic mass is 10.1. The molecule has 2 aromatic heterocycles. The zero-order chi connectivity index (χ0) is 17.1. The van der Waals surface area contributed by atoms with E-state index in [1.54, 1.807) is 7.11 Å². The van der Waals surface area contributed by atoms with Crippen LogP contribution in [0, 0.1) is 0 Å². The van der Waals surface area contributed by atoms with Crippen molar-refractivity contribution in [2.75, 3.05) is 7.11 Å². The Labute approximate surface area is 143 Å². The summed E-state index contributed by atoms with van der Waals surface area (Å²) in [5, 5.41) is 0.591. The molecule has 3 aromatic rings. The molecule has 0 bridgehead atoms. The molecule has 6 heteroatoms. The molecule has 0 aliphatic heterocycles. The fraction of sp³-hybridized carbons (Fsp3) is 0.278. The van der Waals surface area contributed by atoms with Crippen LogP contribution in [-0.2, 0) is 24.2 Å². The van der Waals surface area contributed by atoms with Gasteiger partial charge in [-0.1, -0.05) is 19.1 Å². The second kappa shape index (κ2) is 6.97. The van der Waals surface area contributed by atoms with E-state index in [-0.39, 0.29) is 24.3 Å². The Balaban J connectivity index is 1.80. The largest absolute Gasteiger partial charge is 0.497 e. The summed E-state index contributed by atoms with van der Waals surface area (Å²) in [7, 11) is 1.59. The topological polar surface area (TPSA) is 61.2 Å². The van der Waals surface area contributed by atoms with Crippen LogP contribution in [-0.4, -0.2) is 22.4 Å². The van der Waals surface area contributed by atoms with E-state index in [1.165, 1.54) is 22.2 Å². The number of aryl methyl sites for hydroxylation is 1. The van der Waals surface area contributed by atoms with E-state index in [9.17, 15) is 9.59 Å². The highest BCUT2D eigenvalue weighted by atomic mass is 32.1. The maximum absolute atomic E-state index is 12.5. The van der Waals surface area contributed by atoms with E-state index < -0.39 is 0 Å². The summed E-state index contributed by atoms with van der Waals surface area (Å²) in [6, 6.07) is 9.25. The van der Waals surface area contributed by atoms with E-state index in [0.29, 0.717) is 11.1 Å². The monoisotopic (exact) mass is 342 g/mol. The molecule has 2 heterocycles. The predicted octanol–water partition coefficient (Wildman–Crippen LogP) is 2.84. The fourth-order valence-electron chi connectivity index (χ4n) is 2.55. The maximum Gasteiger partial charge on any atom is 0.262 e. The first-order valence-electron chi connectivity index (χ1n) is 7.73. The van der Waals surface area contributed by atoms with Crippen LogP contribution in [0.3, 0.4) is 0 Å². The number of carbonyl (C=O) groups excluding carboxylic acids is 1. The van der Waals surface area contributed by atoms with Crippen molar-refractivity contribution in [1.29, 1.82) is 0 Å². The molecule has 0 saturated heterocycles. The number of nitrogens with zero attached hydrogens (tertiary/aromatic N) is 2. The van der Waals surface area contributed by atoms with Crippen LogP contribution < -0.4 is 10.3 Å². The number of hydrogen-bond donors (Lipinski definition) is 0. The molecule has 0 amide bonds. The molecule has 0 spiro atoms. The minimum absolute atomic E-state index is 0.0241. The number of Topliss-reactive ketones (excluding diaryl/α,β-unsaturated/α-hetero) is 1. The second-order valence-corrected chi connectivity index (χ2v) is 6.64. The van der Waals surface area contributed by atoms with Gasteiger partial charge in [0.2, 0.25) is 0 Å². The van der Waals surface area contributed by atoms with E-state index >= 15 is 0 Å². The number of methoxy groups -OCH3 is 1. The molecular formula is C18H18N2O3S. The van der Waals surface area contributed by atoms with E-state index in [1.807, 2.05) is 37.3 Å². The van der Waals surface area contributed by atoms with Gasteiger partial charge in [0.05, 0.1) is 25.4 Å². The highest BCUT2D eigenvalue weighted by molar-refractivity contribution is 7.18. The standard InChI is InChI=1S/C18H18N2O3S/c1-3-15-9-16-17(24-15)19-11-20(18(16)22)10-13(21)7-12-5-4-6-14(8-12)23-2/h4-6,8-9,11H,3,7,10H2,1-2H3. The summed E-state index contributed by atoms with van der Waals surface area (Å²) in [6.45, 7) is 2.07. The van der Waals surface area contributed by atoms with Gasteiger partial charge in [0, 0.05) is 11.3 Å². The van der Waals surface area contributed by atoms with Crippen LogP contribution in [0.2, 0.25) is 0 Å². The number of rotatable bonds is 6. The Kier molecular flexibility index (Phi) is 4.76. The van der Waals surface area contributed by atoms with Crippen molar-refractivity contribution in [3.63, 3.8) is 0 Å². The first kappa shape index (κ1) is 16.4. The van der Waals surface area contributed by atoms with Gasteiger partial charge in [-0.2, -0.15) is 0 Å². The summed E-state index contributed by atoms with van der Waals surface area (Å²) in [6.07, 6.45) is 2.59. The summed E-state index contributed by atoms with van der Waals surface area (Å²) < 4.78 is 6.55. The zero-order valence-electron chi connectivity index (χ0n) is 13.6. The summed E-state index contributed by atoms with van der Waals surface area (Å²) in [4.78, 5) is 31.0. The molecule has 24 heavy (non-hydrogen) atoms. The average molecular weight is 342 g/mol. The van der Waals surface area contributed by atoms with Gasteiger partial charge in [0.25, 0.3) is 5.56 Å². The molecule has 1 aromatic carbocycles. The Hall–Kier alpha value is -2.47. The SMILES string of the molecule is CCc1cc2c(=O)n(CC(=O)Cc3cccc(OC)c3)cnc2s1. The normalized spacial score (nSPS) is 10.9. The van der Waals surface area contributed by atoms with Crippen molar-refractivity contribution in [3.05, 3.63) is 57.5 Å². The Bertz CT molecular complexity index is 943. The van der Waals surface area contributed by atoms with E-state index in [4.69, 9.17) is 4.74 Å². The van der Waals surface area contributed by atoms with Crippen molar-refractivity contribution in [2.24, 2.45) is 0 Å². The molecule has 0 fully saturated rings. The van der Waals surface area contributed by atoms with Gasteiger partial charge in [-0.25, -0.2) is 4.98 Å². The lowest BCUT2D eigenvalue weighted by Gasteiger charge is -2.06. The Morgan fingerprint density at radius 3 is 2.92 bits per heavy atom. The zero-order valence-corrected chi connectivity index (χ0v) is 14.4. The lowest BCUT2D eigenvalue weighted by molar-refractivity contribution is -0.119. The van der Waals surface area contributed by atoms with Gasteiger partial charge in [-0.15, -0.1) is 11.3 Å². The van der Waals surface area contributed by atoms with E-state index in [0.717, 1.165) is 21.7 Å². The number of thiophene rings is 1. The van der Waals surface area contributed by atoms with Gasteiger partial charge < -0.3 is 4.74 Å². The number of ketones is 1. The molecule has 0 unspecified atom stereocenters. The predicted molar refractivity (Wildman–Crippen MR) is 95.0 cm³/mol. The quantitative estimate of drug-likeness (QED) is 0.691. The van der Waals surface area contributed by atoms with Crippen molar-refractivity contribution >= 4 is 27.3 Å². The molecule has 0 aliphatic rings. The highest BCUT2D eigenvalue weighted by Gasteiger charge is 2.11. The minimum atomic E-state index is -0.157. The molecular weight excluding hydrogens is 324 g/mol. The molecule has 5 nitrogen and oxygen atoms in total. The number of hydrogen-bond acceptors (Lipinski definition) is 5. The third kappa shape index (κ3) is 3.38. The minimum Gasteiger partial charge on any atom is -0.497 e. The van der Waals surface area contributed by atoms with Crippen molar-refractivity contribution < 1.29 is 9.53 Å². The van der Waals surface area contributed by atoms with Gasteiger partial charge in [-0.05, 0) is 30.2 Å². The van der Waals surface area contributed by atoms with E-state index in [2.05, 4.69) is 4.98 Å². The van der Waals surface area contributed by atoms with Gasteiger partial charge in [0.15, 0.2) is 5.78 Å². The molecule has 0 saturated carbocycles. The number of benzene rings is 1. The number of ether oxygens (including phenoxy) is 1. The highest BCUT2D eigenvalue weighted by Crippen LogP contribution is 2.21. The van der Waals surface area contributed by atoms with Gasteiger partial charge >= 0.3 is 0 Å². The average Bonchev–Trinajstić information content (AvgIpc) is 3.02. The number of carbonyl (C=O) groups is 1. The number of fused-ring (bicyclic) bond motifs is 1. The van der Waals surface area contributed by atoms with Crippen LogP contribution in [0.15, 0.2) is 41.5 Å². The third-order valence-corrected chi connectivity index (χ3v) is 4.99. The summed E-state index contributed by atoms with van der Waals surface area (Å²) in [5.41, 5.74) is 0.709. The number of aromatic nitrogens is 2.